The molecule has 2 aliphatic heterocycles. The first-order valence-electron chi connectivity index (χ1n) is 10.1. The number of carbonyl (C=O) groups excluding carboxylic acids is 1. The SMILES string of the molecule is COCCN(C)C(=O)[C@@H]1C[C@]2(CO1)CN(Cc1ccc(F)cc1F)c1ccccc12. The second-order valence-corrected chi connectivity index (χ2v) is 8.15. The number of halogens is 2. The summed E-state index contributed by atoms with van der Waals surface area (Å²) in [6, 6.07) is 11.7. The summed E-state index contributed by atoms with van der Waals surface area (Å²) in [6.45, 7) is 2.36. The smallest absolute Gasteiger partial charge is 0.251 e. The summed E-state index contributed by atoms with van der Waals surface area (Å²) in [5, 5.41) is 0. The first kappa shape index (κ1) is 20.8. The average molecular weight is 416 g/mol. The number of para-hydroxylation sites is 1. The number of nitrogens with zero attached hydrogens (tertiary/aromatic N) is 2. The number of likely N-dealkylation sites (N-methyl/N-ethyl adjacent to an activating group) is 1. The van der Waals surface area contributed by atoms with E-state index in [1.54, 1.807) is 19.1 Å². The van der Waals surface area contributed by atoms with E-state index in [9.17, 15) is 13.6 Å². The fourth-order valence-corrected chi connectivity index (χ4v) is 4.50. The summed E-state index contributed by atoms with van der Waals surface area (Å²) >= 11 is 0. The zero-order valence-electron chi connectivity index (χ0n) is 17.2. The molecular formula is C23H26F2N2O3. The summed E-state index contributed by atoms with van der Waals surface area (Å²) in [6.07, 6.45) is 0.0603. The molecule has 160 valence electrons. The van der Waals surface area contributed by atoms with Crippen molar-refractivity contribution in [2.24, 2.45) is 0 Å². The lowest BCUT2D eigenvalue weighted by atomic mass is 9.80. The lowest BCUT2D eigenvalue weighted by Crippen LogP contribution is -2.39. The molecule has 0 aliphatic carbocycles. The highest BCUT2D eigenvalue weighted by molar-refractivity contribution is 5.81. The van der Waals surface area contributed by atoms with Crippen LogP contribution in [0.15, 0.2) is 42.5 Å². The van der Waals surface area contributed by atoms with Crippen molar-refractivity contribution in [2.45, 2.75) is 24.5 Å². The Balaban J connectivity index is 1.55. The maximum absolute atomic E-state index is 14.3. The number of amides is 1. The number of carbonyl (C=O) groups is 1. The largest absolute Gasteiger partial charge is 0.383 e. The third kappa shape index (κ3) is 3.79. The first-order chi connectivity index (χ1) is 14.4. The maximum Gasteiger partial charge on any atom is 0.251 e. The number of methoxy groups -OCH3 is 1. The zero-order valence-corrected chi connectivity index (χ0v) is 17.2. The lowest BCUT2D eigenvalue weighted by molar-refractivity contribution is -0.140. The number of rotatable bonds is 6. The van der Waals surface area contributed by atoms with Crippen LogP contribution in [0.4, 0.5) is 14.5 Å². The Morgan fingerprint density at radius 2 is 2.10 bits per heavy atom. The molecule has 1 amide bonds. The molecule has 0 radical (unpaired) electrons. The van der Waals surface area contributed by atoms with E-state index >= 15 is 0 Å². The predicted octanol–water partition coefficient (Wildman–Crippen LogP) is 3.12. The van der Waals surface area contributed by atoms with E-state index in [0.29, 0.717) is 44.8 Å². The molecule has 4 rings (SSSR count). The number of ether oxygens (including phenoxy) is 2. The number of fused-ring (bicyclic) bond motifs is 2. The fraction of sp³-hybridized carbons (Fsp3) is 0.435. The summed E-state index contributed by atoms with van der Waals surface area (Å²) in [5.41, 5.74) is 2.23. The number of hydrogen-bond acceptors (Lipinski definition) is 4. The highest BCUT2D eigenvalue weighted by atomic mass is 19.1. The van der Waals surface area contributed by atoms with E-state index in [-0.39, 0.29) is 11.3 Å². The van der Waals surface area contributed by atoms with Gasteiger partial charge in [0, 0.05) is 56.5 Å². The Hall–Kier alpha value is -2.51. The Morgan fingerprint density at radius 1 is 1.30 bits per heavy atom. The third-order valence-electron chi connectivity index (χ3n) is 6.11. The van der Waals surface area contributed by atoms with Gasteiger partial charge >= 0.3 is 0 Å². The van der Waals surface area contributed by atoms with Gasteiger partial charge in [0.1, 0.15) is 17.7 Å². The van der Waals surface area contributed by atoms with Crippen molar-refractivity contribution in [3.05, 3.63) is 65.2 Å². The average Bonchev–Trinajstić information content (AvgIpc) is 3.30. The van der Waals surface area contributed by atoms with Gasteiger partial charge in [-0.1, -0.05) is 24.3 Å². The first-order valence-corrected chi connectivity index (χ1v) is 10.1. The number of hydrogen-bond donors (Lipinski definition) is 0. The van der Waals surface area contributed by atoms with Crippen LogP contribution in [-0.2, 0) is 26.2 Å². The number of anilines is 1. The van der Waals surface area contributed by atoms with Gasteiger partial charge in [0.25, 0.3) is 5.91 Å². The van der Waals surface area contributed by atoms with E-state index in [1.165, 1.54) is 12.1 Å². The quantitative estimate of drug-likeness (QED) is 0.726. The Kier molecular flexibility index (Phi) is 5.75. The van der Waals surface area contributed by atoms with Gasteiger partial charge in [0.2, 0.25) is 0 Å². The Morgan fingerprint density at radius 3 is 2.87 bits per heavy atom. The monoisotopic (exact) mass is 416 g/mol. The van der Waals surface area contributed by atoms with Crippen LogP contribution in [0.25, 0.3) is 0 Å². The van der Waals surface area contributed by atoms with Crippen LogP contribution in [0.3, 0.4) is 0 Å². The summed E-state index contributed by atoms with van der Waals surface area (Å²) in [4.78, 5) is 16.5. The van der Waals surface area contributed by atoms with Crippen LogP contribution < -0.4 is 4.90 Å². The molecule has 2 aliphatic rings. The normalized spacial score (nSPS) is 22.5. The van der Waals surface area contributed by atoms with Crippen LogP contribution in [0.5, 0.6) is 0 Å². The van der Waals surface area contributed by atoms with Crippen molar-refractivity contribution in [3.8, 4) is 0 Å². The topological polar surface area (TPSA) is 42.0 Å². The second kappa shape index (κ2) is 8.32. The minimum Gasteiger partial charge on any atom is -0.383 e. The van der Waals surface area contributed by atoms with E-state index in [4.69, 9.17) is 9.47 Å². The second-order valence-electron chi connectivity index (χ2n) is 8.15. The molecule has 7 heteroatoms. The fourth-order valence-electron chi connectivity index (χ4n) is 4.50. The third-order valence-corrected chi connectivity index (χ3v) is 6.11. The molecule has 0 unspecified atom stereocenters. The van der Waals surface area contributed by atoms with Crippen molar-refractivity contribution >= 4 is 11.6 Å². The van der Waals surface area contributed by atoms with E-state index in [1.807, 2.05) is 18.2 Å². The van der Waals surface area contributed by atoms with Crippen LogP contribution in [0.2, 0.25) is 0 Å². The molecule has 1 fully saturated rings. The summed E-state index contributed by atoms with van der Waals surface area (Å²) in [7, 11) is 3.36. The van der Waals surface area contributed by atoms with Gasteiger partial charge in [-0.25, -0.2) is 8.78 Å². The summed E-state index contributed by atoms with van der Waals surface area (Å²) < 4.78 is 38.6. The van der Waals surface area contributed by atoms with Gasteiger partial charge in [-0.05, 0) is 24.1 Å². The number of benzene rings is 2. The van der Waals surface area contributed by atoms with Crippen LogP contribution in [0.1, 0.15) is 17.5 Å². The molecule has 30 heavy (non-hydrogen) atoms. The standard InChI is InChI=1S/C23H26F2N2O3/c1-26(9-10-29-2)22(28)21-12-23(15-30-21)14-27(20-6-4-3-5-18(20)23)13-16-7-8-17(24)11-19(16)25/h3-8,11,21H,9-10,12-15H2,1-2H3/t21-,23+/m0/s1. The molecular weight excluding hydrogens is 390 g/mol. The molecule has 0 bridgehead atoms. The van der Waals surface area contributed by atoms with E-state index < -0.39 is 17.7 Å². The van der Waals surface area contributed by atoms with Gasteiger partial charge in [-0.3, -0.25) is 4.79 Å². The van der Waals surface area contributed by atoms with Crippen LogP contribution in [0, 0.1) is 11.6 Å². The van der Waals surface area contributed by atoms with Crippen molar-refractivity contribution in [1.29, 1.82) is 0 Å². The molecule has 5 nitrogen and oxygen atoms in total. The van der Waals surface area contributed by atoms with Gasteiger partial charge in [-0.15, -0.1) is 0 Å². The summed E-state index contributed by atoms with van der Waals surface area (Å²) in [5.74, 6) is -1.19. The van der Waals surface area contributed by atoms with Crippen molar-refractivity contribution in [1.82, 2.24) is 4.90 Å². The highest BCUT2D eigenvalue weighted by Gasteiger charge is 2.50. The highest BCUT2D eigenvalue weighted by Crippen LogP contribution is 2.48. The molecule has 2 aromatic carbocycles. The molecule has 0 aromatic heterocycles. The molecule has 1 spiro atoms. The molecule has 2 heterocycles. The van der Waals surface area contributed by atoms with E-state index in [2.05, 4.69) is 11.0 Å². The molecule has 1 saturated heterocycles. The van der Waals surface area contributed by atoms with Crippen molar-refractivity contribution < 1.29 is 23.0 Å². The lowest BCUT2D eigenvalue weighted by Gasteiger charge is -2.25. The van der Waals surface area contributed by atoms with Crippen LogP contribution in [-0.4, -0.2) is 57.4 Å². The Labute approximate surface area is 175 Å². The van der Waals surface area contributed by atoms with Gasteiger partial charge < -0.3 is 19.3 Å². The Bertz CT molecular complexity index is 938. The van der Waals surface area contributed by atoms with Gasteiger partial charge in [0.15, 0.2) is 0 Å². The predicted molar refractivity (Wildman–Crippen MR) is 109 cm³/mol. The van der Waals surface area contributed by atoms with E-state index in [0.717, 1.165) is 17.3 Å². The maximum atomic E-state index is 14.3. The van der Waals surface area contributed by atoms with Crippen molar-refractivity contribution in [3.63, 3.8) is 0 Å². The molecule has 0 saturated carbocycles. The minimum absolute atomic E-state index is 0.0514. The molecule has 0 N–H and O–H groups in total. The molecule has 2 aromatic rings. The van der Waals surface area contributed by atoms with Gasteiger partial charge in [0.05, 0.1) is 13.2 Å². The van der Waals surface area contributed by atoms with Crippen LogP contribution >= 0.6 is 0 Å². The minimum atomic E-state index is -0.585. The zero-order chi connectivity index (χ0) is 21.3. The van der Waals surface area contributed by atoms with Gasteiger partial charge in [-0.2, -0.15) is 0 Å². The molecule has 2 atom stereocenters. The van der Waals surface area contributed by atoms with Crippen molar-refractivity contribution in [2.75, 3.05) is 45.4 Å².